The van der Waals surface area contributed by atoms with Crippen molar-refractivity contribution < 1.29 is 26.2 Å². The Balaban J connectivity index is 1.28. The van der Waals surface area contributed by atoms with Crippen molar-refractivity contribution in [3.05, 3.63) is 125 Å². The molecule has 0 spiro atoms. The number of amides is 1. The number of aromatic nitrogens is 6. The molecule has 18 heteroatoms. The standard InChI is InChI=1S/C45H48N10O6S2/c1-27-8-14-33(15-9-27)62(57,58)53-44-49-39(31-12-18-35(29(3)24-31)30(4)48-41(56)42-51-43(52-61-42)45(5,6)7)36-25-37(32-13-19-38(47-26-32)54-22-20-46-21-23-54)55(40(36)50-44)63(59,60)34-16-10-28(2)11-17-34/h8-19,24-26,30,46H,20-23H2,1-7H3,(H,48,56)(H,49,50,53)/t30-/m1/s1. The van der Waals surface area contributed by atoms with Gasteiger partial charge in [0.1, 0.15) is 5.82 Å². The smallest absolute Gasteiger partial charge is 0.315 e. The van der Waals surface area contributed by atoms with Crippen molar-refractivity contribution in [3.8, 4) is 22.5 Å². The fourth-order valence-electron chi connectivity index (χ4n) is 7.36. The molecule has 0 bridgehead atoms. The van der Waals surface area contributed by atoms with Gasteiger partial charge in [0, 0.05) is 54.3 Å². The normalized spacial score (nSPS) is 14.2. The predicted molar refractivity (Wildman–Crippen MR) is 241 cm³/mol. The highest BCUT2D eigenvalue weighted by Gasteiger charge is 2.30. The van der Waals surface area contributed by atoms with Gasteiger partial charge in [-0.1, -0.05) is 73.5 Å². The predicted octanol–water partition coefficient (Wildman–Crippen LogP) is 6.70. The summed E-state index contributed by atoms with van der Waals surface area (Å²) >= 11 is 0. The average Bonchev–Trinajstić information content (AvgIpc) is 3.91. The maximum absolute atomic E-state index is 14.9. The van der Waals surface area contributed by atoms with Crippen LogP contribution in [0.2, 0.25) is 0 Å². The van der Waals surface area contributed by atoms with Crippen LogP contribution in [0.3, 0.4) is 0 Å². The Morgan fingerprint density at radius 2 is 1.46 bits per heavy atom. The molecule has 0 unspecified atom stereocenters. The third-order valence-corrected chi connectivity index (χ3v) is 13.9. The van der Waals surface area contributed by atoms with Gasteiger partial charge in [0.15, 0.2) is 11.5 Å². The molecule has 1 atom stereocenters. The van der Waals surface area contributed by atoms with Gasteiger partial charge < -0.3 is 20.1 Å². The Morgan fingerprint density at radius 1 is 0.810 bits per heavy atom. The number of carbonyl (C=O) groups excluding carboxylic acids is 1. The molecule has 16 nitrogen and oxygen atoms in total. The van der Waals surface area contributed by atoms with Gasteiger partial charge in [0.2, 0.25) is 5.95 Å². The molecule has 0 radical (unpaired) electrons. The van der Waals surface area contributed by atoms with Crippen LogP contribution in [0.25, 0.3) is 33.5 Å². The van der Waals surface area contributed by atoms with Gasteiger partial charge in [-0.2, -0.15) is 9.97 Å². The molecule has 3 aromatic carbocycles. The van der Waals surface area contributed by atoms with E-state index in [0.717, 1.165) is 58.2 Å². The molecule has 5 heterocycles. The van der Waals surface area contributed by atoms with Crippen molar-refractivity contribution in [1.29, 1.82) is 0 Å². The van der Waals surface area contributed by atoms with Crippen molar-refractivity contribution in [1.82, 2.24) is 39.7 Å². The molecule has 63 heavy (non-hydrogen) atoms. The monoisotopic (exact) mass is 888 g/mol. The number of piperazine rings is 1. The first kappa shape index (κ1) is 43.2. The van der Waals surface area contributed by atoms with Gasteiger partial charge in [-0.25, -0.2) is 35.5 Å². The van der Waals surface area contributed by atoms with Gasteiger partial charge in [-0.05, 0) is 87.4 Å². The second-order valence-electron chi connectivity index (χ2n) is 16.7. The Hall–Kier alpha value is -6.50. The number of carbonyl (C=O) groups is 1. The van der Waals surface area contributed by atoms with Crippen molar-refractivity contribution in [2.45, 2.75) is 69.7 Å². The molecule has 1 saturated heterocycles. The zero-order valence-corrected chi connectivity index (χ0v) is 37.6. The zero-order valence-electron chi connectivity index (χ0n) is 36.0. The minimum atomic E-state index is -4.39. The van der Waals surface area contributed by atoms with Crippen LogP contribution in [-0.2, 0) is 25.5 Å². The van der Waals surface area contributed by atoms with Crippen molar-refractivity contribution >= 4 is 48.8 Å². The second kappa shape index (κ2) is 16.7. The summed E-state index contributed by atoms with van der Waals surface area (Å²) in [5.41, 5.74) is 4.33. The van der Waals surface area contributed by atoms with Crippen LogP contribution in [0, 0.1) is 20.8 Å². The summed E-state index contributed by atoms with van der Waals surface area (Å²) in [7, 11) is -8.63. The molecule has 3 N–H and O–H groups in total. The molecule has 1 fully saturated rings. The first-order chi connectivity index (χ1) is 29.9. The number of hydrogen-bond donors (Lipinski definition) is 3. The minimum absolute atomic E-state index is 0.00517. The van der Waals surface area contributed by atoms with Crippen molar-refractivity contribution in [3.63, 3.8) is 0 Å². The molecule has 0 saturated carbocycles. The molecule has 4 aromatic heterocycles. The Bertz CT molecular complexity index is 3060. The van der Waals surface area contributed by atoms with E-state index in [2.05, 4.69) is 35.4 Å². The van der Waals surface area contributed by atoms with Gasteiger partial charge in [-0.15, -0.1) is 0 Å². The van der Waals surface area contributed by atoms with Crippen LogP contribution in [-0.4, -0.2) is 78.0 Å². The lowest BCUT2D eigenvalue weighted by Gasteiger charge is -2.28. The number of hydrogen-bond acceptors (Lipinski definition) is 13. The Morgan fingerprint density at radius 3 is 2.06 bits per heavy atom. The number of fused-ring (bicyclic) bond motifs is 1. The summed E-state index contributed by atoms with van der Waals surface area (Å²) in [6.07, 6.45) is 1.63. The van der Waals surface area contributed by atoms with E-state index < -0.39 is 37.4 Å². The lowest BCUT2D eigenvalue weighted by molar-refractivity contribution is 0.0895. The second-order valence-corrected chi connectivity index (χ2v) is 20.2. The first-order valence-corrected chi connectivity index (χ1v) is 23.3. The van der Waals surface area contributed by atoms with E-state index in [1.165, 1.54) is 24.3 Å². The van der Waals surface area contributed by atoms with Crippen LogP contribution in [0.4, 0.5) is 11.8 Å². The molecule has 8 rings (SSSR count). The number of aryl methyl sites for hydroxylation is 3. The number of pyridine rings is 1. The first-order valence-electron chi connectivity index (χ1n) is 20.4. The summed E-state index contributed by atoms with van der Waals surface area (Å²) in [6.45, 7) is 16.3. The summed E-state index contributed by atoms with van der Waals surface area (Å²) in [5.74, 6) is 0.137. The lowest BCUT2D eigenvalue weighted by Crippen LogP contribution is -2.43. The van der Waals surface area contributed by atoms with Crippen LogP contribution in [0.5, 0.6) is 0 Å². The van der Waals surface area contributed by atoms with E-state index in [0.29, 0.717) is 22.3 Å². The molecule has 326 valence electrons. The van der Waals surface area contributed by atoms with Gasteiger partial charge in [-0.3, -0.25) is 4.79 Å². The largest absolute Gasteiger partial charge is 0.354 e. The quantitative estimate of drug-likeness (QED) is 0.124. The van der Waals surface area contributed by atoms with E-state index in [-0.39, 0.29) is 38.7 Å². The van der Waals surface area contributed by atoms with E-state index in [1.807, 2.05) is 72.7 Å². The highest BCUT2D eigenvalue weighted by atomic mass is 32.2. The minimum Gasteiger partial charge on any atom is -0.354 e. The topological polar surface area (TPSA) is 207 Å². The molecular weight excluding hydrogens is 841 g/mol. The number of nitrogens with one attached hydrogen (secondary N) is 3. The van der Waals surface area contributed by atoms with Gasteiger partial charge in [0.25, 0.3) is 20.0 Å². The average molecular weight is 889 g/mol. The molecular formula is C45H48N10O6S2. The number of benzene rings is 3. The van der Waals surface area contributed by atoms with Crippen LogP contribution >= 0.6 is 0 Å². The molecule has 1 aliphatic heterocycles. The molecule has 1 amide bonds. The number of sulfonamides is 1. The maximum atomic E-state index is 14.9. The van der Waals surface area contributed by atoms with E-state index in [1.54, 1.807) is 42.6 Å². The third-order valence-electron chi connectivity index (χ3n) is 10.9. The third kappa shape index (κ3) is 8.78. The fraction of sp³-hybridized carbons (Fsp3) is 0.289. The number of rotatable bonds is 11. The van der Waals surface area contributed by atoms with Gasteiger partial charge in [0.05, 0.1) is 27.2 Å². The van der Waals surface area contributed by atoms with Crippen molar-refractivity contribution in [2.75, 3.05) is 35.8 Å². The summed E-state index contributed by atoms with van der Waals surface area (Å²) in [5, 5.41) is 10.6. The van der Waals surface area contributed by atoms with E-state index >= 15 is 0 Å². The fourth-order valence-corrected chi connectivity index (χ4v) is 9.78. The zero-order chi connectivity index (χ0) is 44.8. The number of anilines is 2. The van der Waals surface area contributed by atoms with Gasteiger partial charge >= 0.3 is 11.8 Å². The summed E-state index contributed by atoms with van der Waals surface area (Å²) in [4.78, 5) is 33.8. The van der Waals surface area contributed by atoms with Crippen LogP contribution in [0.1, 0.15) is 72.5 Å². The van der Waals surface area contributed by atoms with E-state index in [9.17, 15) is 21.6 Å². The molecule has 0 aliphatic carbocycles. The highest BCUT2D eigenvalue weighted by Crippen LogP contribution is 2.38. The molecule has 7 aromatic rings. The van der Waals surface area contributed by atoms with Crippen molar-refractivity contribution in [2.24, 2.45) is 0 Å². The van der Waals surface area contributed by atoms with Crippen LogP contribution in [0.15, 0.2) is 105 Å². The highest BCUT2D eigenvalue weighted by molar-refractivity contribution is 7.92. The lowest BCUT2D eigenvalue weighted by atomic mass is 9.96. The SMILES string of the molecule is Cc1ccc(S(=O)(=O)Nc2nc(-c3ccc([C@@H](C)NC(=O)c4nc(C(C)(C)C)no4)c(C)c3)c3cc(-c4ccc(N5CCNCC5)nc4)n(S(=O)(=O)c4ccc(C)cc4)c3n2)cc1. The van der Waals surface area contributed by atoms with E-state index in [4.69, 9.17) is 14.5 Å². The Kier molecular flexibility index (Phi) is 11.4. The summed E-state index contributed by atoms with van der Waals surface area (Å²) in [6, 6.07) is 23.1. The number of nitrogens with zero attached hydrogens (tertiary/aromatic N) is 7. The maximum Gasteiger partial charge on any atom is 0.315 e. The van der Waals surface area contributed by atoms with Crippen LogP contribution < -0.4 is 20.3 Å². The molecule has 1 aliphatic rings. The summed E-state index contributed by atoms with van der Waals surface area (Å²) < 4.78 is 66.5. The Labute approximate surface area is 366 Å².